The number of allylic oxidation sites excluding steroid dienone is 8. The van der Waals surface area contributed by atoms with Gasteiger partial charge in [-0.1, -0.05) is 320 Å². The molecule has 1 atom stereocenters. The van der Waals surface area contributed by atoms with Gasteiger partial charge in [-0.05, 0) is 77.0 Å². The molecule has 0 saturated heterocycles. The Hall–Kier alpha value is -2.63. The van der Waals surface area contributed by atoms with E-state index < -0.39 is 6.10 Å². The number of hydrogen-bond donors (Lipinski definition) is 0. The molecule has 0 aromatic heterocycles. The van der Waals surface area contributed by atoms with Gasteiger partial charge in [0.25, 0.3) is 0 Å². The monoisotopic (exact) mass is 1080 g/mol. The van der Waals surface area contributed by atoms with Crippen LogP contribution in [0, 0.1) is 0 Å². The number of esters is 3. The van der Waals surface area contributed by atoms with Crippen LogP contribution in [0.3, 0.4) is 0 Å². The van der Waals surface area contributed by atoms with Gasteiger partial charge in [0.2, 0.25) is 0 Å². The van der Waals surface area contributed by atoms with Gasteiger partial charge in [0, 0.05) is 19.3 Å². The van der Waals surface area contributed by atoms with Crippen LogP contribution in [0.15, 0.2) is 48.6 Å². The van der Waals surface area contributed by atoms with E-state index in [9.17, 15) is 14.4 Å². The first kappa shape index (κ1) is 74.4. The second kappa shape index (κ2) is 65.9. The summed E-state index contributed by atoms with van der Waals surface area (Å²) < 4.78 is 16.9. The van der Waals surface area contributed by atoms with Crippen LogP contribution in [0.25, 0.3) is 0 Å². The molecule has 6 heteroatoms. The summed E-state index contributed by atoms with van der Waals surface area (Å²) in [5.74, 6) is -0.859. The van der Waals surface area contributed by atoms with Crippen molar-refractivity contribution in [3.05, 3.63) is 48.6 Å². The summed E-state index contributed by atoms with van der Waals surface area (Å²) in [5.41, 5.74) is 0. The molecule has 0 bridgehead atoms. The molecule has 6 nitrogen and oxygen atoms in total. The average Bonchev–Trinajstić information content (AvgIpc) is 3.43. The molecule has 0 N–H and O–H groups in total. The third kappa shape index (κ3) is 64.1. The molecule has 0 amide bonds. The van der Waals surface area contributed by atoms with E-state index in [1.54, 1.807) is 0 Å². The Balaban J connectivity index is 4.11. The zero-order valence-electron chi connectivity index (χ0n) is 51.7. The van der Waals surface area contributed by atoms with Crippen LogP contribution >= 0.6 is 0 Å². The molecule has 0 fully saturated rings. The molecule has 1 unspecified atom stereocenters. The Kier molecular flexibility index (Phi) is 63.6. The zero-order valence-corrected chi connectivity index (χ0v) is 51.7. The lowest BCUT2D eigenvalue weighted by atomic mass is 10.0. The Bertz CT molecular complexity index is 1330. The maximum atomic E-state index is 12.9. The van der Waals surface area contributed by atoms with Crippen molar-refractivity contribution >= 4 is 17.9 Å². The van der Waals surface area contributed by atoms with Crippen molar-refractivity contribution < 1.29 is 28.6 Å². The first-order valence-corrected chi connectivity index (χ1v) is 34.1. The Morgan fingerprint density at radius 3 is 0.792 bits per heavy atom. The molecule has 0 saturated carbocycles. The highest BCUT2D eigenvalue weighted by Crippen LogP contribution is 2.18. The van der Waals surface area contributed by atoms with Gasteiger partial charge in [0.15, 0.2) is 6.10 Å². The lowest BCUT2D eigenvalue weighted by Gasteiger charge is -2.18. The Morgan fingerprint density at radius 2 is 0.494 bits per heavy atom. The second-order valence-corrected chi connectivity index (χ2v) is 23.1. The smallest absolute Gasteiger partial charge is 0.306 e. The summed E-state index contributed by atoms with van der Waals surface area (Å²) in [4.78, 5) is 38.2. The first-order valence-electron chi connectivity index (χ1n) is 34.1. The summed E-state index contributed by atoms with van der Waals surface area (Å²) in [5, 5.41) is 0. The standard InChI is InChI=1S/C71H130O6/c1-4-7-10-13-16-19-22-24-26-28-30-31-32-33-34-35-36-37-38-39-40-41-42-44-45-47-49-52-55-58-61-64-70(73)76-67-68(66-75-69(72)63-60-57-54-51-21-18-15-12-9-6-3)77-71(74)65-62-59-56-53-50-48-46-43-29-27-25-23-20-17-14-11-8-5-2/h12,15,22,24,28,30,32-33,68H,4-11,13-14,16-21,23,25-27,29,31,34-67H2,1-3H3/b15-12-,24-22-,30-28-,33-32-. The zero-order chi connectivity index (χ0) is 55.7. The molecule has 0 radical (unpaired) electrons. The number of unbranched alkanes of at least 4 members (excludes halogenated alkanes) is 44. The van der Waals surface area contributed by atoms with E-state index in [4.69, 9.17) is 14.2 Å². The number of ether oxygens (including phenoxy) is 3. The molecule has 0 aliphatic carbocycles. The average molecular weight is 1080 g/mol. The van der Waals surface area contributed by atoms with Crippen molar-refractivity contribution in [2.75, 3.05) is 13.2 Å². The van der Waals surface area contributed by atoms with Crippen LogP contribution in [-0.4, -0.2) is 37.2 Å². The molecular formula is C71H130O6. The van der Waals surface area contributed by atoms with Gasteiger partial charge in [-0.15, -0.1) is 0 Å². The van der Waals surface area contributed by atoms with Crippen molar-refractivity contribution in [1.29, 1.82) is 0 Å². The fourth-order valence-corrected chi connectivity index (χ4v) is 10.2. The molecule has 0 rings (SSSR count). The van der Waals surface area contributed by atoms with Crippen LogP contribution in [0.2, 0.25) is 0 Å². The summed E-state index contributed by atoms with van der Waals surface area (Å²) >= 11 is 0. The summed E-state index contributed by atoms with van der Waals surface area (Å²) in [6.45, 7) is 6.62. The highest BCUT2D eigenvalue weighted by molar-refractivity contribution is 5.71. The minimum absolute atomic E-state index is 0.0709. The second-order valence-electron chi connectivity index (χ2n) is 23.1. The van der Waals surface area contributed by atoms with E-state index in [0.717, 1.165) is 83.5 Å². The third-order valence-corrected chi connectivity index (χ3v) is 15.3. The van der Waals surface area contributed by atoms with Crippen molar-refractivity contribution in [2.24, 2.45) is 0 Å². The minimum Gasteiger partial charge on any atom is -0.462 e. The maximum Gasteiger partial charge on any atom is 0.306 e. The first-order chi connectivity index (χ1) is 38.0. The predicted octanol–water partition coefficient (Wildman–Crippen LogP) is 23.3. The van der Waals surface area contributed by atoms with Crippen molar-refractivity contribution in [1.82, 2.24) is 0 Å². The van der Waals surface area contributed by atoms with Gasteiger partial charge in [0.1, 0.15) is 13.2 Å². The van der Waals surface area contributed by atoms with Crippen molar-refractivity contribution in [3.8, 4) is 0 Å². The van der Waals surface area contributed by atoms with Crippen LogP contribution in [0.5, 0.6) is 0 Å². The van der Waals surface area contributed by atoms with E-state index in [1.165, 1.54) is 244 Å². The minimum atomic E-state index is -0.773. The molecular weight excluding hydrogens is 949 g/mol. The molecule has 0 spiro atoms. The van der Waals surface area contributed by atoms with E-state index in [2.05, 4.69) is 69.4 Å². The summed E-state index contributed by atoms with van der Waals surface area (Å²) in [6.07, 6.45) is 82.9. The third-order valence-electron chi connectivity index (χ3n) is 15.3. The van der Waals surface area contributed by atoms with Crippen molar-refractivity contribution in [2.45, 2.75) is 374 Å². The van der Waals surface area contributed by atoms with Crippen LogP contribution in [0.4, 0.5) is 0 Å². The van der Waals surface area contributed by atoms with Gasteiger partial charge < -0.3 is 14.2 Å². The van der Waals surface area contributed by atoms with Crippen LogP contribution in [0.1, 0.15) is 367 Å². The molecule has 77 heavy (non-hydrogen) atoms. The fraction of sp³-hybridized carbons (Fsp3) is 0.845. The van der Waals surface area contributed by atoms with Crippen LogP contribution < -0.4 is 0 Å². The van der Waals surface area contributed by atoms with Crippen LogP contribution in [-0.2, 0) is 28.6 Å². The van der Waals surface area contributed by atoms with Gasteiger partial charge in [-0.3, -0.25) is 14.4 Å². The summed E-state index contributed by atoms with van der Waals surface area (Å²) in [7, 11) is 0. The van der Waals surface area contributed by atoms with E-state index >= 15 is 0 Å². The molecule has 0 aliphatic heterocycles. The van der Waals surface area contributed by atoms with Gasteiger partial charge in [0.05, 0.1) is 0 Å². The normalized spacial score (nSPS) is 12.3. The quantitative estimate of drug-likeness (QED) is 0.0261. The predicted molar refractivity (Wildman–Crippen MR) is 335 cm³/mol. The number of carbonyl (C=O) groups excluding carboxylic acids is 3. The van der Waals surface area contributed by atoms with E-state index in [0.29, 0.717) is 19.3 Å². The largest absolute Gasteiger partial charge is 0.462 e. The molecule has 0 heterocycles. The fourth-order valence-electron chi connectivity index (χ4n) is 10.2. The van der Waals surface area contributed by atoms with Crippen molar-refractivity contribution in [3.63, 3.8) is 0 Å². The van der Waals surface area contributed by atoms with Gasteiger partial charge in [-0.2, -0.15) is 0 Å². The molecule has 0 aliphatic rings. The SMILES string of the molecule is CCC/C=C\CCCCCCCC(=O)OCC(COC(=O)CCCCCCCCCCCCCCCCCC/C=C\C/C=C\C/C=C\CCCCCCC)OC(=O)CCCCCCCCCCCCCCCCCCCC. The highest BCUT2D eigenvalue weighted by Gasteiger charge is 2.19. The molecule has 0 aromatic rings. The highest BCUT2D eigenvalue weighted by atomic mass is 16.6. The lowest BCUT2D eigenvalue weighted by Crippen LogP contribution is -2.30. The Labute approximate surface area is 479 Å². The number of carbonyl (C=O) groups is 3. The maximum absolute atomic E-state index is 12.9. The van der Waals surface area contributed by atoms with Gasteiger partial charge >= 0.3 is 17.9 Å². The molecule has 0 aromatic carbocycles. The van der Waals surface area contributed by atoms with E-state index in [-0.39, 0.29) is 31.1 Å². The topological polar surface area (TPSA) is 78.9 Å². The lowest BCUT2D eigenvalue weighted by molar-refractivity contribution is -0.167. The molecule has 450 valence electrons. The van der Waals surface area contributed by atoms with Gasteiger partial charge in [-0.25, -0.2) is 0 Å². The number of hydrogen-bond acceptors (Lipinski definition) is 6. The summed E-state index contributed by atoms with van der Waals surface area (Å²) in [6, 6.07) is 0. The van der Waals surface area contributed by atoms with E-state index in [1.807, 2.05) is 0 Å². The number of rotatable bonds is 63. The Morgan fingerprint density at radius 1 is 0.260 bits per heavy atom.